The van der Waals surface area contributed by atoms with E-state index in [1.165, 1.54) is 11.1 Å². The third-order valence-electron chi connectivity index (χ3n) is 4.81. The number of hydrogen-bond donors (Lipinski definition) is 4. The van der Waals surface area contributed by atoms with Crippen LogP contribution in [0.25, 0.3) is 0 Å². The van der Waals surface area contributed by atoms with Crippen molar-refractivity contribution in [3.63, 3.8) is 0 Å². The highest BCUT2D eigenvalue weighted by Crippen LogP contribution is 2.21. The average Bonchev–Trinajstić information content (AvgIpc) is 3.24. The van der Waals surface area contributed by atoms with Crippen LogP contribution in [0.3, 0.4) is 0 Å². The molecule has 8 nitrogen and oxygen atoms in total. The maximum absolute atomic E-state index is 6.09. The first-order chi connectivity index (χ1) is 15.6. The predicted molar refractivity (Wildman–Crippen MR) is 137 cm³/mol. The summed E-state index contributed by atoms with van der Waals surface area (Å²) in [6, 6.07) is 12.5. The highest BCUT2D eigenvalue weighted by atomic mass is 32.1. The van der Waals surface area contributed by atoms with Crippen molar-refractivity contribution in [3.05, 3.63) is 59.0 Å². The van der Waals surface area contributed by atoms with Gasteiger partial charge in [0, 0.05) is 26.2 Å². The summed E-state index contributed by atoms with van der Waals surface area (Å²) in [6.45, 7) is 7.98. The molecule has 0 saturated carbocycles. The molecule has 0 spiro atoms. The predicted octanol–water partition coefficient (Wildman–Crippen LogP) is 2.50. The lowest BCUT2D eigenvalue weighted by Gasteiger charge is -2.27. The first-order valence-electron chi connectivity index (χ1n) is 10.7. The Kier molecular flexibility index (Phi) is 9.14. The van der Waals surface area contributed by atoms with E-state index < -0.39 is 0 Å². The summed E-state index contributed by atoms with van der Waals surface area (Å²) in [5.74, 6) is 1.45. The van der Waals surface area contributed by atoms with Crippen molar-refractivity contribution in [3.8, 4) is 0 Å². The van der Waals surface area contributed by atoms with Crippen LogP contribution < -0.4 is 21.5 Å². The molecule has 1 aliphatic rings. The molecule has 1 aliphatic heterocycles. The minimum atomic E-state index is 0.424. The minimum absolute atomic E-state index is 0.424. The van der Waals surface area contributed by atoms with E-state index in [-0.39, 0.29) is 0 Å². The van der Waals surface area contributed by atoms with Crippen molar-refractivity contribution in [2.45, 2.75) is 33.4 Å². The van der Waals surface area contributed by atoms with Gasteiger partial charge in [-0.15, -0.1) is 0 Å². The summed E-state index contributed by atoms with van der Waals surface area (Å²) >= 11 is 10.3. The molecule has 32 heavy (non-hydrogen) atoms. The summed E-state index contributed by atoms with van der Waals surface area (Å²) in [5.41, 5.74) is 8.88. The summed E-state index contributed by atoms with van der Waals surface area (Å²) in [5, 5.41) is 15.3. The van der Waals surface area contributed by atoms with Gasteiger partial charge < -0.3 is 15.1 Å². The van der Waals surface area contributed by atoms with Gasteiger partial charge in [0.25, 0.3) is 0 Å². The standard InChI is InChI=1S/C22H29N7OS2/c1-3-23-21(31)27-25-13-19(26-28-22(32)24-4-2)20-10-9-18(30-20)15-29-12-11-16-7-5-6-8-17(16)14-29/h5-10,13H,3-4,11-12,14-15H2,1-2H3,(H2,23,27,31)(H2,24,28,32)/b25-13+,26-19-. The smallest absolute Gasteiger partial charge is 0.186 e. The third kappa shape index (κ3) is 7.11. The van der Waals surface area contributed by atoms with Crippen LogP contribution >= 0.6 is 24.4 Å². The highest BCUT2D eigenvalue weighted by Gasteiger charge is 2.18. The molecule has 2 aromatic rings. The zero-order chi connectivity index (χ0) is 22.8. The molecule has 2 heterocycles. The molecule has 170 valence electrons. The normalized spacial score (nSPS) is 14.1. The fourth-order valence-corrected chi connectivity index (χ4v) is 3.71. The largest absolute Gasteiger partial charge is 0.458 e. The number of thiocarbonyl (C=S) groups is 2. The molecule has 4 N–H and O–H groups in total. The minimum Gasteiger partial charge on any atom is -0.458 e. The Morgan fingerprint density at radius 3 is 2.50 bits per heavy atom. The molecule has 0 aliphatic carbocycles. The zero-order valence-corrected chi connectivity index (χ0v) is 20.0. The van der Waals surface area contributed by atoms with E-state index in [4.69, 9.17) is 28.9 Å². The molecule has 1 aromatic carbocycles. The van der Waals surface area contributed by atoms with Gasteiger partial charge in [-0.3, -0.25) is 15.8 Å². The Bertz CT molecular complexity index is 986. The average molecular weight is 472 g/mol. The van der Waals surface area contributed by atoms with Crippen molar-refractivity contribution in [2.24, 2.45) is 10.2 Å². The number of hydrogen-bond acceptors (Lipinski definition) is 6. The Labute approximate surface area is 199 Å². The second kappa shape index (κ2) is 12.3. The lowest BCUT2D eigenvalue weighted by molar-refractivity contribution is 0.225. The van der Waals surface area contributed by atoms with Crippen LogP contribution in [-0.4, -0.2) is 46.7 Å². The molecule has 0 atom stereocenters. The number of furan rings is 1. The van der Waals surface area contributed by atoms with Crippen molar-refractivity contribution < 1.29 is 4.42 Å². The molecule has 0 unspecified atom stereocenters. The Hall–Kier alpha value is -2.82. The van der Waals surface area contributed by atoms with Gasteiger partial charge in [-0.05, 0) is 68.0 Å². The van der Waals surface area contributed by atoms with Gasteiger partial charge in [-0.1, -0.05) is 24.3 Å². The van der Waals surface area contributed by atoms with E-state index in [1.54, 1.807) is 6.21 Å². The van der Waals surface area contributed by atoms with E-state index in [0.717, 1.165) is 31.8 Å². The van der Waals surface area contributed by atoms with Gasteiger partial charge in [-0.2, -0.15) is 10.2 Å². The summed E-state index contributed by atoms with van der Waals surface area (Å²) in [7, 11) is 0. The third-order valence-corrected chi connectivity index (χ3v) is 5.28. The number of benzene rings is 1. The van der Waals surface area contributed by atoms with Crippen LogP contribution in [0.5, 0.6) is 0 Å². The van der Waals surface area contributed by atoms with Crippen LogP contribution in [-0.2, 0) is 19.5 Å². The van der Waals surface area contributed by atoms with Gasteiger partial charge in [-0.25, -0.2) is 0 Å². The van der Waals surface area contributed by atoms with Crippen LogP contribution in [0.1, 0.15) is 36.5 Å². The van der Waals surface area contributed by atoms with E-state index >= 15 is 0 Å². The van der Waals surface area contributed by atoms with Crippen molar-refractivity contribution in [1.29, 1.82) is 0 Å². The lowest BCUT2D eigenvalue weighted by atomic mass is 10.00. The van der Waals surface area contributed by atoms with E-state index in [9.17, 15) is 0 Å². The molecular weight excluding hydrogens is 442 g/mol. The van der Waals surface area contributed by atoms with Crippen molar-refractivity contribution >= 4 is 46.6 Å². The quantitative estimate of drug-likeness (QED) is 0.265. The maximum Gasteiger partial charge on any atom is 0.186 e. The van der Waals surface area contributed by atoms with E-state index in [1.807, 2.05) is 26.0 Å². The first-order valence-corrected chi connectivity index (χ1v) is 11.5. The molecule has 0 radical (unpaired) electrons. The SMILES string of the molecule is CCNC(=S)N/N=C(/C=N/NC(=S)NCC)c1ccc(CN2CCc3ccccc3C2)o1. The van der Waals surface area contributed by atoms with Gasteiger partial charge in [0.1, 0.15) is 11.5 Å². The summed E-state index contributed by atoms with van der Waals surface area (Å²) < 4.78 is 6.09. The second-order valence-corrected chi connectivity index (χ2v) is 8.01. The topological polar surface area (TPSA) is 89.2 Å². The van der Waals surface area contributed by atoms with E-state index in [0.29, 0.717) is 34.8 Å². The van der Waals surface area contributed by atoms with Crippen LogP contribution in [0, 0.1) is 0 Å². The molecule has 0 amide bonds. The Morgan fingerprint density at radius 1 is 1.03 bits per heavy atom. The van der Waals surface area contributed by atoms with Gasteiger partial charge in [0.05, 0.1) is 12.8 Å². The maximum atomic E-state index is 6.09. The number of nitrogens with one attached hydrogen (secondary N) is 4. The fourth-order valence-electron chi connectivity index (χ4n) is 3.32. The molecule has 0 bridgehead atoms. The van der Waals surface area contributed by atoms with Gasteiger partial charge in [0.15, 0.2) is 16.0 Å². The zero-order valence-electron chi connectivity index (χ0n) is 18.4. The molecule has 3 rings (SSSR count). The van der Waals surface area contributed by atoms with Crippen LogP contribution in [0.15, 0.2) is 51.0 Å². The van der Waals surface area contributed by atoms with Crippen LogP contribution in [0.4, 0.5) is 0 Å². The van der Waals surface area contributed by atoms with Crippen LogP contribution in [0.2, 0.25) is 0 Å². The molecule has 1 aromatic heterocycles. The molecule has 10 heteroatoms. The summed E-state index contributed by atoms with van der Waals surface area (Å²) in [6.07, 6.45) is 2.59. The second-order valence-electron chi connectivity index (χ2n) is 7.19. The van der Waals surface area contributed by atoms with Gasteiger partial charge >= 0.3 is 0 Å². The Balaban J connectivity index is 1.68. The van der Waals surface area contributed by atoms with Crippen molar-refractivity contribution in [2.75, 3.05) is 19.6 Å². The molecular formula is C22H29N7OS2. The monoisotopic (exact) mass is 471 g/mol. The van der Waals surface area contributed by atoms with E-state index in [2.05, 4.69) is 60.9 Å². The summed E-state index contributed by atoms with van der Waals surface area (Å²) in [4.78, 5) is 2.38. The highest BCUT2D eigenvalue weighted by molar-refractivity contribution is 7.80. The van der Waals surface area contributed by atoms with Gasteiger partial charge in [0.2, 0.25) is 0 Å². The van der Waals surface area contributed by atoms with Crippen molar-refractivity contribution in [1.82, 2.24) is 26.4 Å². The first kappa shape index (κ1) is 23.8. The Morgan fingerprint density at radius 2 is 1.75 bits per heavy atom. The molecule has 0 fully saturated rings. The fraction of sp³-hybridized carbons (Fsp3) is 0.364. The number of nitrogens with zero attached hydrogens (tertiary/aromatic N) is 3. The number of fused-ring (bicyclic) bond motifs is 1. The molecule has 0 saturated heterocycles. The lowest BCUT2D eigenvalue weighted by Crippen LogP contribution is -2.33. The number of rotatable bonds is 8. The number of hydrazone groups is 2.